The number of likely N-dealkylation sites (N-methyl/N-ethyl adjacent to an activating group) is 1. The zero-order valence-electron chi connectivity index (χ0n) is 11.5. The van der Waals surface area contributed by atoms with Crippen molar-refractivity contribution in [2.45, 2.75) is 37.8 Å². The van der Waals surface area contributed by atoms with Gasteiger partial charge < -0.3 is 10.2 Å². The molecule has 1 fully saturated rings. The first kappa shape index (κ1) is 15.3. The maximum atomic E-state index is 12.1. The molecule has 2 N–H and O–H groups in total. The summed E-state index contributed by atoms with van der Waals surface area (Å²) in [7, 11) is 1.97. The highest BCUT2D eigenvalue weighted by atomic mass is 35.5. The number of thiophene rings is 1. The van der Waals surface area contributed by atoms with Crippen LogP contribution in [-0.2, 0) is 11.3 Å². The van der Waals surface area contributed by atoms with Gasteiger partial charge in [0, 0.05) is 0 Å². The maximum absolute atomic E-state index is 12.1. The molecule has 1 aromatic rings. The monoisotopic (exact) mass is 312 g/mol. The normalized spacial score (nSPS) is 18.4. The zero-order valence-corrected chi connectivity index (χ0v) is 13.1. The number of halogens is 1. The molecule has 6 heteroatoms. The summed E-state index contributed by atoms with van der Waals surface area (Å²) in [6.07, 6.45) is 3.58. The van der Waals surface area contributed by atoms with Crippen molar-refractivity contribution < 1.29 is 9.69 Å². The Bertz CT molecular complexity index is 517. The molecule has 0 aromatic carbocycles. The van der Waals surface area contributed by atoms with Crippen LogP contribution in [0.2, 0.25) is 4.34 Å². The molecule has 1 aromatic heterocycles. The Morgan fingerprint density at radius 1 is 1.55 bits per heavy atom. The van der Waals surface area contributed by atoms with Gasteiger partial charge in [0.05, 0.1) is 22.3 Å². The highest BCUT2D eigenvalue weighted by Gasteiger charge is 2.35. The Balaban J connectivity index is 1.83. The van der Waals surface area contributed by atoms with Crippen molar-refractivity contribution in [3.05, 3.63) is 21.3 Å². The topological polar surface area (TPSA) is 57.3 Å². The SMILES string of the molecule is C[NH+](CC(=O)NC1(C#N)CCCC1)Cc1ccc(Cl)s1. The van der Waals surface area contributed by atoms with Crippen LogP contribution in [0.1, 0.15) is 30.6 Å². The van der Waals surface area contributed by atoms with E-state index in [1.54, 1.807) is 11.3 Å². The second kappa shape index (κ2) is 6.57. The summed E-state index contributed by atoms with van der Waals surface area (Å²) in [5, 5.41) is 12.2. The fourth-order valence-electron chi connectivity index (χ4n) is 2.64. The van der Waals surface area contributed by atoms with Crippen molar-refractivity contribution in [1.82, 2.24) is 5.32 Å². The molecule has 0 aliphatic heterocycles. The third-order valence-electron chi connectivity index (χ3n) is 3.62. The Hall–Kier alpha value is -1.09. The predicted molar refractivity (Wildman–Crippen MR) is 79.7 cm³/mol. The molecule has 0 saturated heterocycles. The third-order valence-corrected chi connectivity index (χ3v) is 4.85. The van der Waals surface area contributed by atoms with Gasteiger partial charge in [-0.05, 0) is 37.8 Å². The van der Waals surface area contributed by atoms with Crippen molar-refractivity contribution >= 4 is 28.8 Å². The maximum Gasteiger partial charge on any atom is 0.276 e. The molecule has 2 rings (SSSR count). The number of nitrogens with one attached hydrogen (secondary N) is 2. The second-order valence-corrected chi connectivity index (χ2v) is 7.27. The van der Waals surface area contributed by atoms with E-state index in [-0.39, 0.29) is 5.91 Å². The molecule has 1 aliphatic rings. The van der Waals surface area contributed by atoms with E-state index in [9.17, 15) is 10.1 Å². The van der Waals surface area contributed by atoms with Crippen LogP contribution in [0.5, 0.6) is 0 Å². The third kappa shape index (κ3) is 3.95. The van der Waals surface area contributed by atoms with Crippen LogP contribution in [0.25, 0.3) is 0 Å². The van der Waals surface area contributed by atoms with E-state index in [2.05, 4.69) is 11.4 Å². The summed E-state index contributed by atoms with van der Waals surface area (Å²) < 4.78 is 0.770. The van der Waals surface area contributed by atoms with E-state index in [1.165, 1.54) is 0 Å². The lowest BCUT2D eigenvalue weighted by Gasteiger charge is -2.22. The van der Waals surface area contributed by atoms with E-state index in [0.717, 1.165) is 46.3 Å². The number of carbonyl (C=O) groups excluding carboxylic acids is 1. The smallest absolute Gasteiger partial charge is 0.276 e. The highest BCUT2D eigenvalue weighted by Crippen LogP contribution is 2.28. The molecule has 0 spiro atoms. The molecule has 4 nitrogen and oxygen atoms in total. The van der Waals surface area contributed by atoms with Gasteiger partial charge in [0.1, 0.15) is 12.1 Å². The number of amides is 1. The number of hydrogen-bond donors (Lipinski definition) is 2. The number of nitriles is 1. The molecule has 1 saturated carbocycles. The summed E-state index contributed by atoms with van der Waals surface area (Å²) in [6, 6.07) is 6.14. The van der Waals surface area contributed by atoms with E-state index < -0.39 is 5.54 Å². The van der Waals surface area contributed by atoms with E-state index in [4.69, 9.17) is 11.6 Å². The van der Waals surface area contributed by atoms with Crippen LogP contribution in [0.15, 0.2) is 12.1 Å². The summed E-state index contributed by atoms with van der Waals surface area (Å²) in [5.74, 6) is -0.0476. The zero-order chi connectivity index (χ0) is 14.6. The first-order chi connectivity index (χ1) is 9.53. The number of quaternary nitrogens is 1. The van der Waals surface area contributed by atoms with Gasteiger partial charge in [-0.2, -0.15) is 5.26 Å². The molecule has 1 amide bonds. The molecule has 20 heavy (non-hydrogen) atoms. The molecular formula is C14H19ClN3OS+. The van der Waals surface area contributed by atoms with Crippen LogP contribution in [0.3, 0.4) is 0 Å². The van der Waals surface area contributed by atoms with Crippen LogP contribution in [0.4, 0.5) is 0 Å². The number of rotatable bonds is 5. The van der Waals surface area contributed by atoms with Crippen molar-refractivity contribution in [2.24, 2.45) is 0 Å². The summed E-state index contributed by atoms with van der Waals surface area (Å²) in [5.41, 5.74) is -0.621. The van der Waals surface area contributed by atoms with Crippen LogP contribution in [-0.4, -0.2) is 25.0 Å². The lowest BCUT2D eigenvalue weighted by molar-refractivity contribution is -0.885. The van der Waals surface area contributed by atoms with E-state index in [1.807, 2.05) is 19.2 Å². The quantitative estimate of drug-likeness (QED) is 0.863. The summed E-state index contributed by atoms with van der Waals surface area (Å²) >= 11 is 7.43. The van der Waals surface area contributed by atoms with Crippen molar-refractivity contribution in [1.29, 1.82) is 5.26 Å². The van der Waals surface area contributed by atoms with Gasteiger partial charge in [0.25, 0.3) is 5.91 Å². The van der Waals surface area contributed by atoms with Gasteiger partial charge in [-0.25, -0.2) is 0 Å². The van der Waals surface area contributed by atoms with Gasteiger partial charge >= 0.3 is 0 Å². The van der Waals surface area contributed by atoms with Crippen LogP contribution < -0.4 is 10.2 Å². The number of nitrogens with zero attached hydrogens (tertiary/aromatic N) is 1. The second-order valence-electron chi connectivity index (χ2n) is 5.47. The Kier molecular flexibility index (Phi) is 5.03. The van der Waals surface area contributed by atoms with Crippen LogP contribution in [0, 0.1) is 11.3 Å². The summed E-state index contributed by atoms with van der Waals surface area (Å²) in [4.78, 5) is 14.3. The molecule has 108 valence electrons. The lowest BCUT2D eigenvalue weighted by atomic mass is 10.00. The molecule has 0 radical (unpaired) electrons. The minimum Gasteiger partial charge on any atom is -0.333 e. The molecule has 0 bridgehead atoms. The molecule has 1 unspecified atom stereocenters. The molecule has 1 atom stereocenters. The average molecular weight is 313 g/mol. The first-order valence-corrected chi connectivity index (χ1v) is 8.00. The Morgan fingerprint density at radius 3 is 2.80 bits per heavy atom. The van der Waals surface area contributed by atoms with Crippen molar-refractivity contribution in [3.63, 3.8) is 0 Å². The van der Waals surface area contributed by atoms with E-state index >= 15 is 0 Å². The van der Waals surface area contributed by atoms with Crippen LogP contribution >= 0.6 is 22.9 Å². The number of hydrogen-bond acceptors (Lipinski definition) is 3. The highest BCUT2D eigenvalue weighted by molar-refractivity contribution is 7.16. The minimum absolute atomic E-state index is 0.0476. The van der Waals surface area contributed by atoms with E-state index in [0.29, 0.717) is 6.54 Å². The average Bonchev–Trinajstić information content (AvgIpc) is 2.99. The Morgan fingerprint density at radius 2 is 2.25 bits per heavy atom. The Labute approximate surface area is 128 Å². The van der Waals surface area contributed by atoms with Gasteiger partial charge in [-0.3, -0.25) is 4.79 Å². The number of carbonyl (C=O) groups is 1. The van der Waals surface area contributed by atoms with Crippen molar-refractivity contribution in [3.8, 4) is 6.07 Å². The van der Waals surface area contributed by atoms with Gasteiger partial charge in [0.15, 0.2) is 6.54 Å². The fourth-order valence-corrected chi connectivity index (χ4v) is 3.84. The molecular weight excluding hydrogens is 294 g/mol. The van der Waals surface area contributed by atoms with Gasteiger partial charge in [-0.1, -0.05) is 11.6 Å². The molecule has 1 aliphatic carbocycles. The minimum atomic E-state index is -0.621. The van der Waals surface area contributed by atoms with Gasteiger partial charge in [0.2, 0.25) is 0 Å². The molecule has 1 heterocycles. The first-order valence-electron chi connectivity index (χ1n) is 6.81. The fraction of sp³-hybridized carbons (Fsp3) is 0.571. The largest absolute Gasteiger partial charge is 0.333 e. The van der Waals surface area contributed by atoms with Crippen molar-refractivity contribution in [2.75, 3.05) is 13.6 Å². The lowest BCUT2D eigenvalue weighted by Crippen LogP contribution is -3.09. The predicted octanol–water partition coefficient (Wildman–Crippen LogP) is 1.37. The summed E-state index contributed by atoms with van der Waals surface area (Å²) in [6.45, 7) is 1.14. The standard InChI is InChI=1S/C14H18ClN3OS/c1-18(8-11-4-5-12(15)20-11)9-13(19)17-14(10-16)6-2-3-7-14/h4-5H,2-3,6-9H2,1H3,(H,17,19)/p+1. The van der Waals surface area contributed by atoms with Gasteiger partial charge in [-0.15, -0.1) is 11.3 Å².